The molecule has 96 valence electrons. The van der Waals surface area contributed by atoms with Crippen LogP contribution in [0.5, 0.6) is 0 Å². The maximum atomic E-state index is 5.86. The largest absolute Gasteiger partial charge is 0.356 e. The average molecular weight is 244 g/mol. The van der Waals surface area contributed by atoms with Gasteiger partial charge in [-0.25, -0.2) is 4.68 Å². The van der Waals surface area contributed by atoms with Gasteiger partial charge >= 0.3 is 0 Å². The molecular weight excluding hydrogens is 224 g/mol. The molecule has 0 radical (unpaired) electrons. The first-order valence-electron chi connectivity index (χ1n) is 6.89. The summed E-state index contributed by atoms with van der Waals surface area (Å²) < 4.78 is 7.95. The molecule has 1 saturated heterocycles. The fraction of sp³-hybridized carbons (Fsp3) is 0.533. The maximum absolute atomic E-state index is 5.86. The van der Waals surface area contributed by atoms with Crippen molar-refractivity contribution in [2.45, 2.75) is 45.8 Å². The molecule has 0 spiro atoms. The van der Waals surface area contributed by atoms with Crippen LogP contribution in [0.2, 0.25) is 0 Å². The van der Waals surface area contributed by atoms with Gasteiger partial charge in [0.25, 0.3) is 0 Å². The Balaban J connectivity index is 2.09. The minimum Gasteiger partial charge on any atom is -0.356 e. The number of hydrogen-bond donors (Lipinski definition) is 0. The second kappa shape index (κ2) is 4.73. The van der Waals surface area contributed by atoms with E-state index in [1.54, 1.807) is 0 Å². The first-order chi connectivity index (χ1) is 8.79. The third-order valence-corrected chi connectivity index (χ3v) is 3.79. The summed E-state index contributed by atoms with van der Waals surface area (Å²) in [5.41, 5.74) is 3.68. The molecule has 3 heteroatoms. The number of nitrogens with zero attached hydrogens (tertiary/aromatic N) is 2. The van der Waals surface area contributed by atoms with E-state index in [9.17, 15) is 0 Å². The Labute approximate surface area is 108 Å². The average Bonchev–Trinajstić information content (AvgIpc) is 2.76. The molecule has 0 amide bonds. The number of benzene rings is 1. The van der Waals surface area contributed by atoms with Crippen LogP contribution in [0.4, 0.5) is 0 Å². The van der Waals surface area contributed by atoms with Crippen LogP contribution in [0, 0.1) is 6.92 Å². The van der Waals surface area contributed by atoms with Gasteiger partial charge in [0, 0.05) is 12.0 Å². The second-order valence-electron chi connectivity index (χ2n) is 5.06. The summed E-state index contributed by atoms with van der Waals surface area (Å²) in [4.78, 5) is 0. The van der Waals surface area contributed by atoms with Gasteiger partial charge in [-0.05, 0) is 44.2 Å². The Bertz CT molecular complexity index is 553. The number of fused-ring (bicyclic) bond motifs is 1. The predicted molar refractivity (Wildman–Crippen MR) is 72.7 cm³/mol. The van der Waals surface area contributed by atoms with Crippen LogP contribution in [0.25, 0.3) is 10.9 Å². The first kappa shape index (κ1) is 11.7. The molecule has 2 aromatic rings. The number of rotatable bonds is 2. The molecule has 1 fully saturated rings. The molecule has 1 aromatic heterocycles. The van der Waals surface area contributed by atoms with Crippen LogP contribution >= 0.6 is 0 Å². The van der Waals surface area contributed by atoms with Crippen LogP contribution in [0.3, 0.4) is 0 Å². The van der Waals surface area contributed by atoms with Crippen molar-refractivity contribution < 1.29 is 4.74 Å². The monoisotopic (exact) mass is 244 g/mol. The smallest absolute Gasteiger partial charge is 0.150 e. The van der Waals surface area contributed by atoms with E-state index in [0.29, 0.717) is 0 Å². The summed E-state index contributed by atoms with van der Waals surface area (Å²) in [6.45, 7) is 5.12. The molecular formula is C15H20N2O. The van der Waals surface area contributed by atoms with Gasteiger partial charge in [-0.3, -0.25) is 0 Å². The van der Waals surface area contributed by atoms with Crippen molar-refractivity contribution in [1.82, 2.24) is 9.78 Å². The van der Waals surface area contributed by atoms with Gasteiger partial charge in [-0.1, -0.05) is 19.1 Å². The van der Waals surface area contributed by atoms with Crippen molar-refractivity contribution in [2.75, 3.05) is 6.61 Å². The Morgan fingerprint density at radius 2 is 2.28 bits per heavy atom. The van der Waals surface area contributed by atoms with Crippen molar-refractivity contribution >= 4 is 10.9 Å². The lowest BCUT2D eigenvalue weighted by Gasteiger charge is -2.23. The summed E-state index contributed by atoms with van der Waals surface area (Å²) >= 11 is 0. The highest BCUT2D eigenvalue weighted by atomic mass is 16.5. The van der Waals surface area contributed by atoms with E-state index in [1.807, 2.05) is 0 Å². The van der Waals surface area contributed by atoms with Gasteiger partial charge < -0.3 is 4.74 Å². The highest BCUT2D eigenvalue weighted by Gasteiger charge is 2.19. The molecule has 1 unspecified atom stereocenters. The van der Waals surface area contributed by atoms with Crippen LogP contribution in [-0.2, 0) is 11.2 Å². The van der Waals surface area contributed by atoms with Gasteiger partial charge in [-0.15, -0.1) is 0 Å². The molecule has 1 aromatic carbocycles. The minimum absolute atomic E-state index is 0.127. The van der Waals surface area contributed by atoms with Crippen LogP contribution in [-0.4, -0.2) is 16.4 Å². The molecule has 3 rings (SSSR count). The van der Waals surface area contributed by atoms with Gasteiger partial charge in [0.2, 0.25) is 0 Å². The Hall–Kier alpha value is -1.35. The van der Waals surface area contributed by atoms with E-state index >= 15 is 0 Å². The summed E-state index contributed by atoms with van der Waals surface area (Å²) in [7, 11) is 0. The van der Waals surface area contributed by atoms with E-state index in [0.717, 1.165) is 25.1 Å². The van der Waals surface area contributed by atoms with Gasteiger partial charge in [0.1, 0.15) is 0 Å². The molecule has 3 nitrogen and oxygen atoms in total. The molecule has 1 aliphatic heterocycles. The van der Waals surface area contributed by atoms with Crippen LogP contribution < -0.4 is 0 Å². The predicted octanol–water partition coefficient (Wildman–Crippen LogP) is 3.61. The molecule has 0 aliphatic carbocycles. The molecule has 1 atom stereocenters. The molecule has 0 saturated carbocycles. The van der Waals surface area contributed by atoms with Crippen molar-refractivity contribution in [1.29, 1.82) is 0 Å². The Kier molecular flexibility index (Phi) is 3.08. The number of aryl methyl sites for hydroxylation is 2. The van der Waals surface area contributed by atoms with Crippen LogP contribution in [0.15, 0.2) is 18.2 Å². The fourth-order valence-corrected chi connectivity index (χ4v) is 2.70. The topological polar surface area (TPSA) is 27.1 Å². The van der Waals surface area contributed by atoms with Gasteiger partial charge in [0.15, 0.2) is 6.23 Å². The SMILES string of the molecule is CCc1ccc2c(C)nn(C3CCCCO3)c2c1. The maximum Gasteiger partial charge on any atom is 0.150 e. The highest BCUT2D eigenvalue weighted by molar-refractivity contribution is 5.82. The van der Waals surface area contributed by atoms with Crippen LogP contribution in [0.1, 0.15) is 43.7 Å². The number of ether oxygens (including phenoxy) is 1. The molecule has 18 heavy (non-hydrogen) atoms. The van der Waals surface area contributed by atoms with E-state index < -0.39 is 0 Å². The van der Waals surface area contributed by atoms with Crippen molar-refractivity contribution in [3.05, 3.63) is 29.5 Å². The molecule has 2 heterocycles. The summed E-state index contributed by atoms with van der Waals surface area (Å²) in [6.07, 6.45) is 4.67. The summed E-state index contributed by atoms with van der Waals surface area (Å²) in [5.74, 6) is 0. The lowest BCUT2D eigenvalue weighted by atomic mass is 10.1. The van der Waals surface area contributed by atoms with Gasteiger partial charge in [0.05, 0.1) is 11.2 Å². The Morgan fingerprint density at radius 3 is 3.00 bits per heavy atom. The first-order valence-corrected chi connectivity index (χ1v) is 6.89. The zero-order valence-corrected chi connectivity index (χ0v) is 11.1. The van der Waals surface area contributed by atoms with E-state index in [2.05, 4.69) is 41.8 Å². The molecule has 1 aliphatic rings. The van der Waals surface area contributed by atoms with Gasteiger partial charge in [-0.2, -0.15) is 5.10 Å². The van der Waals surface area contributed by atoms with E-state index in [4.69, 9.17) is 4.74 Å². The fourth-order valence-electron chi connectivity index (χ4n) is 2.70. The normalized spacial score (nSPS) is 20.4. The van der Waals surface area contributed by atoms with E-state index in [1.165, 1.54) is 29.3 Å². The zero-order chi connectivity index (χ0) is 12.5. The highest BCUT2D eigenvalue weighted by Crippen LogP contribution is 2.28. The number of hydrogen-bond acceptors (Lipinski definition) is 2. The third kappa shape index (κ3) is 1.93. The lowest BCUT2D eigenvalue weighted by Crippen LogP contribution is -2.19. The summed E-state index contributed by atoms with van der Waals surface area (Å²) in [6, 6.07) is 6.65. The third-order valence-electron chi connectivity index (χ3n) is 3.79. The minimum atomic E-state index is 0.127. The Morgan fingerprint density at radius 1 is 1.39 bits per heavy atom. The standard InChI is InChI=1S/C15H20N2O/c1-3-12-7-8-13-11(2)16-17(14(13)10-12)15-6-4-5-9-18-15/h7-8,10,15H,3-6,9H2,1-2H3. The quantitative estimate of drug-likeness (QED) is 0.807. The zero-order valence-electron chi connectivity index (χ0n) is 11.1. The molecule has 0 bridgehead atoms. The van der Waals surface area contributed by atoms with Crippen molar-refractivity contribution in [3.8, 4) is 0 Å². The second-order valence-corrected chi connectivity index (χ2v) is 5.06. The van der Waals surface area contributed by atoms with Crippen molar-refractivity contribution in [3.63, 3.8) is 0 Å². The summed E-state index contributed by atoms with van der Waals surface area (Å²) in [5, 5.41) is 5.93. The lowest BCUT2D eigenvalue weighted by molar-refractivity contribution is -0.0368. The van der Waals surface area contributed by atoms with Crippen molar-refractivity contribution in [2.24, 2.45) is 0 Å². The van der Waals surface area contributed by atoms with E-state index in [-0.39, 0.29) is 6.23 Å². The molecule has 0 N–H and O–H groups in total. The number of aromatic nitrogens is 2.